The summed E-state index contributed by atoms with van der Waals surface area (Å²) in [6, 6.07) is 18.2. The van der Waals surface area contributed by atoms with E-state index in [0.29, 0.717) is 12.1 Å². The van der Waals surface area contributed by atoms with E-state index >= 15 is 0 Å². The van der Waals surface area contributed by atoms with Crippen LogP contribution in [-0.2, 0) is 6.54 Å². The average Bonchev–Trinajstić information content (AvgIpc) is 2.82. The van der Waals surface area contributed by atoms with Crippen LogP contribution in [0.2, 0.25) is 0 Å². The van der Waals surface area contributed by atoms with Gasteiger partial charge < -0.3 is 19.7 Å². The summed E-state index contributed by atoms with van der Waals surface area (Å²) in [6.45, 7) is 4.28. The molecule has 0 saturated carbocycles. The highest BCUT2D eigenvalue weighted by Crippen LogP contribution is 2.33. The number of hydrogen-bond acceptors (Lipinski definition) is 4. The first-order chi connectivity index (χ1) is 15.1. The van der Waals surface area contributed by atoms with Crippen molar-refractivity contribution in [2.45, 2.75) is 32.4 Å². The van der Waals surface area contributed by atoms with Crippen molar-refractivity contribution in [3.8, 4) is 11.5 Å². The number of rotatable bonds is 6. The Kier molecular flexibility index (Phi) is 6.42. The maximum atomic E-state index is 13.8. The SMILES string of the molecule is COc1cc(C)cc(OC)c1CN(C(=O)c1ccc2ccccc2c1)C1CCNCC1. The van der Waals surface area contributed by atoms with E-state index in [1.165, 1.54) is 0 Å². The van der Waals surface area contributed by atoms with Crippen LogP contribution >= 0.6 is 0 Å². The summed E-state index contributed by atoms with van der Waals surface area (Å²) in [7, 11) is 3.33. The lowest BCUT2D eigenvalue weighted by Gasteiger charge is -2.35. The number of methoxy groups -OCH3 is 2. The molecule has 1 aliphatic rings. The van der Waals surface area contributed by atoms with E-state index in [9.17, 15) is 4.79 Å². The van der Waals surface area contributed by atoms with Crippen LogP contribution in [0.25, 0.3) is 10.8 Å². The molecule has 1 N–H and O–H groups in total. The smallest absolute Gasteiger partial charge is 0.254 e. The van der Waals surface area contributed by atoms with Crippen molar-refractivity contribution in [2.75, 3.05) is 27.3 Å². The van der Waals surface area contributed by atoms with Gasteiger partial charge in [-0.15, -0.1) is 0 Å². The first-order valence-electron chi connectivity index (χ1n) is 10.8. The van der Waals surface area contributed by atoms with E-state index < -0.39 is 0 Å². The van der Waals surface area contributed by atoms with Gasteiger partial charge in [0, 0.05) is 11.6 Å². The molecule has 0 radical (unpaired) electrons. The number of hydrogen-bond donors (Lipinski definition) is 1. The number of piperidine rings is 1. The highest BCUT2D eigenvalue weighted by molar-refractivity contribution is 5.98. The van der Waals surface area contributed by atoms with Gasteiger partial charge in [-0.1, -0.05) is 30.3 Å². The van der Waals surface area contributed by atoms with Crippen LogP contribution in [0, 0.1) is 6.92 Å². The molecule has 3 aromatic carbocycles. The molecule has 3 aromatic rings. The predicted molar refractivity (Wildman–Crippen MR) is 124 cm³/mol. The lowest BCUT2D eigenvalue weighted by molar-refractivity contribution is 0.0620. The summed E-state index contributed by atoms with van der Waals surface area (Å²) < 4.78 is 11.3. The zero-order valence-corrected chi connectivity index (χ0v) is 18.5. The Bertz CT molecular complexity index is 1050. The fourth-order valence-electron chi connectivity index (χ4n) is 4.41. The molecule has 1 amide bonds. The van der Waals surface area contributed by atoms with Gasteiger partial charge in [0.15, 0.2) is 0 Å². The number of benzene rings is 3. The van der Waals surface area contributed by atoms with Crippen LogP contribution in [-0.4, -0.2) is 44.2 Å². The number of ether oxygens (including phenoxy) is 2. The molecule has 31 heavy (non-hydrogen) atoms. The molecule has 0 bridgehead atoms. The van der Waals surface area contributed by atoms with E-state index in [1.807, 2.05) is 60.4 Å². The first-order valence-corrected chi connectivity index (χ1v) is 10.8. The molecule has 0 atom stereocenters. The van der Waals surface area contributed by atoms with Crippen molar-refractivity contribution in [2.24, 2.45) is 0 Å². The van der Waals surface area contributed by atoms with Crippen LogP contribution in [0.15, 0.2) is 54.6 Å². The Labute approximate surface area is 184 Å². The van der Waals surface area contributed by atoms with E-state index in [4.69, 9.17) is 9.47 Å². The van der Waals surface area contributed by atoms with Gasteiger partial charge in [-0.2, -0.15) is 0 Å². The summed E-state index contributed by atoms with van der Waals surface area (Å²) >= 11 is 0. The topological polar surface area (TPSA) is 50.8 Å². The molecule has 5 heteroatoms. The normalized spacial score (nSPS) is 14.4. The summed E-state index contributed by atoms with van der Waals surface area (Å²) in [5.41, 5.74) is 2.68. The molecule has 5 nitrogen and oxygen atoms in total. The number of fused-ring (bicyclic) bond motifs is 1. The lowest BCUT2D eigenvalue weighted by atomic mass is 10.00. The van der Waals surface area contributed by atoms with Crippen LogP contribution in [0.1, 0.15) is 34.3 Å². The van der Waals surface area contributed by atoms with Gasteiger partial charge >= 0.3 is 0 Å². The number of aryl methyl sites for hydroxylation is 1. The standard InChI is InChI=1S/C26H30N2O3/c1-18-14-24(30-2)23(25(15-18)31-3)17-28(22-10-12-27-13-11-22)26(29)21-9-8-19-6-4-5-7-20(19)16-21/h4-9,14-16,22,27H,10-13,17H2,1-3H3. The first kappa shape index (κ1) is 21.2. The van der Waals surface area contributed by atoms with Gasteiger partial charge in [-0.25, -0.2) is 0 Å². The van der Waals surface area contributed by atoms with Gasteiger partial charge in [-0.3, -0.25) is 4.79 Å². The Morgan fingerprint density at radius 1 is 0.968 bits per heavy atom. The van der Waals surface area contributed by atoms with Crippen molar-refractivity contribution < 1.29 is 14.3 Å². The van der Waals surface area contributed by atoms with Crippen molar-refractivity contribution in [3.05, 3.63) is 71.3 Å². The molecule has 4 rings (SSSR count). The van der Waals surface area contributed by atoms with E-state index in [-0.39, 0.29) is 11.9 Å². The summed E-state index contributed by atoms with van der Waals surface area (Å²) in [6.07, 6.45) is 1.85. The summed E-state index contributed by atoms with van der Waals surface area (Å²) in [5, 5.41) is 5.61. The lowest BCUT2D eigenvalue weighted by Crippen LogP contribution is -2.45. The van der Waals surface area contributed by atoms with Gasteiger partial charge in [0.2, 0.25) is 0 Å². The molecule has 0 aliphatic carbocycles. The third kappa shape index (κ3) is 4.52. The Morgan fingerprint density at radius 2 is 1.61 bits per heavy atom. The van der Waals surface area contributed by atoms with Crippen molar-refractivity contribution in [3.63, 3.8) is 0 Å². The van der Waals surface area contributed by atoms with E-state index in [2.05, 4.69) is 11.4 Å². The third-order valence-electron chi connectivity index (χ3n) is 6.09. The minimum absolute atomic E-state index is 0.0438. The zero-order valence-electron chi connectivity index (χ0n) is 18.5. The van der Waals surface area contributed by atoms with Gasteiger partial charge in [0.25, 0.3) is 5.91 Å². The highest BCUT2D eigenvalue weighted by atomic mass is 16.5. The molecule has 0 spiro atoms. The number of carbonyl (C=O) groups excluding carboxylic acids is 1. The van der Waals surface area contributed by atoms with Gasteiger partial charge in [0.1, 0.15) is 11.5 Å². The summed E-state index contributed by atoms with van der Waals surface area (Å²) in [4.78, 5) is 15.8. The van der Waals surface area contributed by atoms with Crippen LogP contribution < -0.4 is 14.8 Å². The maximum absolute atomic E-state index is 13.8. The van der Waals surface area contributed by atoms with Gasteiger partial charge in [0.05, 0.1) is 26.3 Å². The minimum Gasteiger partial charge on any atom is -0.496 e. The number of amides is 1. The predicted octanol–water partition coefficient (Wildman–Crippen LogP) is 4.56. The fraction of sp³-hybridized carbons (Fsp3) is 0.346. The maximum Gasteiger partial charge on any atom is 0.254 e. The second kappa shape index (κ2) is 9.40. The monoisotopic (exact) mass is 418 g/mol. The molecular formula is C26H30N2O3. The summed E-state index contributed by atoms with van der Waals surface area (Å²) in [5.74, 6) is 1.55. The Morgan fingerprint density at radius 3 is 2.26 bits per heavy atom. The molecular weight excluding hydrogens is 388 g/mol. The van der Waals surface area contributed by atoms with Crippen molar-refractivity contribution in [1.29, 1.82) is 0 Å². The van der Waals surface area contributed by atoms with Crippen LogP contribution in [0.4, 0.5) is 0 Å². The minimum atomic E-state index is 0.0438. The number of carbonyl (C=O) groups is 1. The van der Waals surface area contributed by atoms with Gasteiger partial charge in [-0.05, 0) is 73.5 Å². The molecule has 0 unspecified atom stereocenters. The zero-order chi connectivity index (χ0) is 21.8. The molecule has 0 aromatic heterocycles. The highest BCUT2D eigenvalue weighted by Gasteiger charge is 2.28. The quantitative estimate of drug-likeness (QED) is 0.638. The second-order valence-electron chi connectivity index (χ2n) is 8.12. The number of nitrogens with zero attached hydrogens (tertiary/aromatic N) is 1. The Hall–Kier alpha value is -3.05. The van der Waals surface area contributed by atoms with Crippen LogP contribution in [0.5, 0.6) is 11.5 Å². The molecule has 1 heterocycles. The third-order valence-corrected chi connectivity index (χ3v) is 6.09. The number of nitrogens with one attached hydrogen (secondary N) is 1. The van der Waals surface area contributed by atoms with Crippen molar-refractivity contribution in [1.82, 2.24) is 10.2 Å². The van der Waals surface area contributed by atoms with E-state index in [0.717, 1.165) is 59.3 Å². The Balaban J connectivity index is 1.73. The largest absolute Gasteiger partial charge is 0.496 e. The molecule has 1 saturated heterocycles. The second-order valence-corrected chi connectivity index (χ2v) is 8.12. The van der Waals surface area contributed by atoms with Crippen molar-refractivity contribution >= 4 is 16.7 Å². The molecule has 1 aliphatic heterocycles. The van der Waals surface area contributed by atoms with Crippen LogP contribution in [0.3, 0.4) is 0 Å². The average molecular weight is 419 g/mol. The van der Waals surface area contributed by atoms with E-state index in [1.54, 1.807) is 14.2 Å². The molecule has 1 fully saturated rings. The fourth-order valence-corrected chi connectivity index (χ4v) is 4.41. The molecule has 162 valence electrons.